The monoisotopic (exact) mass is 316 g/mol. The second-order valence-electron chi connectivity index (χ2n) is 4.08. The minimum atomic E-state index is -3.33. The molecule has 2 rings (SSSR count). The van der Waals surface area contributed by atoms with Crippen LogP contribution < -0.4 is 0 Å². The van der Waals surface area contributed by atoms with E-state index in [2.05, 4.69) is 4.98 Å². The summed E-state index contributed by atoms with van der Waals surface area (Å²) in [5.41, 5.74) is 0.775. The molecule has 4 nitrogen and oxygen atoms in total. The van der Waals surface area contributed by atoms with Crippen LogP contribution in [0.3, 0.4) is 0 Å². The van der Waals surface area contributed by atoms with Gasteiger partial charge < -0.3 is 0 Å². The van der Waals surface area contributed by atoms with E-state index >= 15 is 0 Å². The predicted molar refractivity (Wildman–Crippen MR) is 77.7 cm³/mol. The number of sulfonamides is 1. The summed E-state index contributed by atoms with van der Waals surface area (Å²) in [6, 6.07) is 9.12. The van der Waals surface area contributed by atoms with Crippen molar-refractivity contribution < 1.29 is 8.42 Å². The largest absolute Gasteiger partial charge is 0.233 e. The van der Waals surface area contributed by atoms with Gasteiger partial charge in [-0.25, -0.2) is 13.4 Å². The van der Waals surface area contributed by atoms with Gasteiger partial charge in [-0.1, -0.05) is 41.9 Å². The van der Waals surface area contributed by atoms with Gasteiger partial charge in [-0.2, -0.15) is 4.31 Å². The van der Waals surface area contributed by atoms with E-state index in [4.69, 9.17) is 11.6 Å². The number of nitrogens with zero attached hydrogens (tertiary/aromatic N) is 2. The molecule has 0 unspecified atom stereocenters. The van der Waals surface area contributed by atoms with Gasteiger partial charge in [-0.05, 0) is 5.56 Å². The lowest BCUT2D eigenvalue weighted by molar-refractivity contribution is 0.468. The SMILES string of the molecule is CN(Cc1cnc(Cl)s1)S(=O)(=O)Cc1ccccc1. The van der Waals surface area contributed by atoms with Crippen molar-refractivity contribution in [2.24, 2.45) is 0 Å². The molecule has 7 heteroatoms. The molecule has 0 aliphatic rings. The van der Waals surface area contributed by atoms with Crippen LogP contribution in [0, 0.1) is 0 Å². The van der Waals surface area contributed by atoms with Gasteiger partial charge in [0.25, 0.3) is 0 Å². The number of benzene rings is 1. The molecule has 0 aliphatic carbocycles. The van der Waals surface area contributed by atoms with Crippen LogP contribution in [0.4, 0.5) is 0 Å². The highest BCUT2D eigenvalue weighted by molar-refractivity contribution is 7.88. The Balaban J connectivity index is 2.07. The van der Waals surface area contributed by atoms with E-state index in [0.29, 0.717) is 11.0 Å². The summed E-state index contributed by atoms with van der Waals surface area (Å²) in [5, 5.41) is 0. The fraction of sp³-hybridized carbons (Fsp3) is 0.250. The molecule has 1 aromatic heterocycles. The van der Waals surface area contributed by atoms with Crippen LogP contribution in [-0.2, 0) is 22.3 Å². The van der Waals surface area contributed by atoms with E-state index in [1.54, 1.807) is 25.4 Å². The Morgan fingerprint density at radius 3 is 2.58 bits per heavy atom. The lowest BCUT2D eigenvalue weighted by atomic mass is 10.2. The molecule has 102 valence electrons. The third-order valence-electron chi connectivity index (χ3n) is 2.57. The summed E-state index contributed by atoms with van der Waals surface area (Å²) in [4.78, 5) is 4.72. The highest BCUT2D eigenvalue weighted by Gasteiger charge is 2.19. The minimum absolute atomic E-state index is 0.00310. The highest BCUT2D eigenvalue weighted by Crippen LogP contribution is 2.20. The van der Waals surface area contributed by atoms with Crippen molar-refractivity contribution in [2.75, 3.05) is 7.05 Å². The van der Waals surface area contributed by atoms with Gasteiger partial charge in [-0.15, -0.1) is 11.3 Å². The van der Waals surface area contributed by atoms with E-state index in [1.165, 1.54) is 15.6 Å². The van der Waals surface area contributed by atoms with Crippen molar-refractivity contribution in [2.45, 2.75) is 12.3 Å². The molecule has 19 heavy (non-hydrogen) atoms. The summed E-state index contributed by atoms with van der Waals surface area (Å²) in [6.45, 7) is 0.291. The Labute approximate surface area is 121 Å². The molecular weight excluding hydrogens is 304 g/mol. The lowest BCUT2D eigenvalue weighted by Gasteiger charge is -2.16. The molecule has 0 amide bonds. The third kappa shape index (κ3) is 4.01. The van der Waals surface area contributed by atoms with Crippen molar-refractivity contribution in [3.05, 3.63) is 51.4 Å². The summed E-state index contributed by atoms with van der Waals surface area (Å²) < 4.78 is 26.1. The molecule has 2 aromatic rings. The molecule has 0 fully saturated rings. The number of hydrogen-bond donors (Lipinski definition) is 0. The van der Waals surface area contributed by atoms with Crippen LogP contribution >= 0.6 is 22.9 Å². The zero-order chi connectivity index (χ0) is 13.9. The predicted octanol–water partition coefficient (Wildman–Crippen LogP) is 2.76. The molecule has 1 aromatic carbocycles. The van der Waals surface area contributed by atoms with Crippen molar-refractivity contribution in [3.8, 4) is 0 Å². The smallest absolute Gasteiger partial charge is 0.218 e. The van der Waals surface area contributed by atoms with Crippen LogP contribution in [0.2, 0.25) is 4.47 Å². The topological polar surface area (TPSA) is 50.3 Å². The Morgan fingerprint density at radius 2 is 2.00 bits per heavy atom. The second kappa shape index (κ2) is 6.00. The van der Waals surface area contributed by atoms with Gasteiger partial charge in [-0.3, -0.25) is 0 Å². The van der Waals surface area contributed by atoms with Crippen LogP contribution in [0.1, 0.15) is 10.4 Å². The van der Waals surface area contributed by atoms with Crippen LogP contribution in [0.25, 0.3) is 0 Å². The molecule has 1 heterocycles. The number of aromatic nitrogens is 1. The first-order chi connectivity index (χ1) is 8.97. The lowest BCUT2D eigenvalue weighted by Crippen LogP contribution is -2.27. The summed E-state index contributed by atoms with van der Waals surface area (Å²) in [6.07, 6.45) is 1.60. The zero-order valence-electron chi connectivity index (χ0n) is 10.3. The second-order valence-corrected chi connectivity index (χ2v) is 7.85. The van der Waals surface area contributed by atoms with Crippen molar-refractivity contribution in [3.63, 3.8) is 0 Å². The maximum Gasteiger partial charge on any atom is 0.218 e. The number of rotatable bonds is 5. The van der Waals surface area contributed by atoms with Crippen molar-refractivity contribution in [1.82, 2.24) is 9.29 Å². The van der Waals surface area contributed by atoms with Gasteiger partial charge in [0.1, 0.15) is 0 Å². The Kier molecular flexibility index (Phi) is 4.57. The maximum atomic E-state index is 12.2. The van der Waals surface area contributed by atoms with E-state index in [1.807, 2.05) is 18.2 Å². The summed E-state index contributed by atoms with van der Waals surface area (Å²) in [7, 11) is -1.77. The first-order valence-electron chi connectivity index (χ1n) is 5.55. The van der Waals surface area contributed by atoms with E-state index in [-0.39, 0.29) is 5.75 Å². The molecule has 0 radical (unpaired) electrons. The van der Waals surface area contributed by atoms with E-state index in [9.17, 15) is 8.42 Å². The van der Waals surface area contributed by atoms with Crippen LogP contribution in [0.15, 0.2) is 36.5 Å². The van der Waals surface area contributed by atoms with Crippen LogP contribution in [-0.4, -0.2) is 24.8 Å². The molecular formula is C12H13ClN2O2S2. The van der Waals surface area contributed by atoms with Crippen molar-refractivity contribution in [1.29, 1.82) is 0 Å². The molecule has 0 bridgehead atoms. The van der Waals surface area contributed by atoms with Crippen molar-refractivity contribution >= 4 is 33.0 Å². The molecule has 0 spiro atoms. The average molecular weight is 317 g/mol. The molecule has 0 saturated carbocycles. The third-order valence-corrected chi connectivity index (χ3v) is 5.45. The fourth-order valence-corrected chi connectivity index (χ4v) is 3.85. The molecule has 0 atom stereocenters. The fourth-order valence-electron chi connectivity index (χ4n) is 1.57. The quantitative estimate of drug-likeness (QED) is 0.852. The van der Waals surface area contributed by atoms with Gasteiger partial charge in [0.15, 0.2) is 4.47 Å². The first kappa shape index (κ1) is 14.5. The summed E-state index contributed by atoms with van der Waals surface area (Å²) in [5.74, 6) is -0.00310. The molecule has 0 saturated heterocycles. The zero-order valence-corrected chi connectivity index (χ0v) is 12.7. The van der Waals surface area contributed by atoms with E-state index < -0.39 is 10.0 Å². The van der Waals surface area contributed by atoms with E-state index in [0.717, 1.165) is 10.4 Å². The minimum Gasteiger partial charge on any atom is -0.233 e. The Hall–Kier alpha value is -0.950. The number of hydrogen-bond acceptors (Lipinski definition) is 4. The Morgan fingerprint density at radius 1 is 1.32 bits per heavy atom. The molecule has 0 N–H and O–H groups in total. The normalized spacial score (nSPS) is 11.9. The summed E-state index contributed by atoms with van der Waals surface area (Å²) >= 11 is 7.01. The Bertz CT molecular complexity index is 641. The average Bonchev–Trinajstić information content (AvgIpc) is 2.75. The molecule has 0 aliphatic heterocycles. The van der Waals surface area contributed by atoms with Crippen LogP contribution in [0.5, 0.6) is 0 Å². The standard InChI is InChI=1S/C12H13ClN2O2S2/c1-15(8-11-7-14-12(13)18-11)19(16,17)9-10-5-3-2-4-6-10/h2-7H,8-9H2,1H3. The first-order valence-corrected chi connectivity index (χ1v) is 8.36. The van der Waals surface area contributed by atoms with Gasteiger partial charge >= 0.3 is 0 Å². The highest BCUT2D eigenvalue weighted by atomic mass is 35.5. The van der Waals surface area contributed by atoms with Gasteiger partial charge in [0.2, 0.25) is 10.0 Å². The van der Waals surface area contributed by atoms with Gasteiger partial charge in [0, 0.05) is 24.7 Å². The maximum absolute atomic E-state index is 12.2. The van der Waals surface area contributed by atoms with Gasteiger partial charge in [0.05, 0.1) is 5.75 Å². The number of halogens is 1. The number of thiazole rings is 1.